The van der Waals surface area contributed by atoms with E-state index >= 15 is 0 Å². The molecule has 2 amide bonds. The first kappa shape index (κ1) is 21.3. The van der Waals surface area contributed by atoms with Gasteiger partial charge in [0.1, 0.15) is 0 Å². The van der Waals surface area contributed by atoms with Crippen LogP contribution >= 0.6 is 0 Å². The minimum Gasteiger partial charge on any atom is -0.459 e. The highest BCUT2D eigenvalue weighted by Crippen LogP contribution is 2.15. The fourth-order valence-corrected chi connectivity index (χ4v) is 3.19. The Morgan fingerprint density at radius 1 is 0.900 bits per heavy atom. The van der Waals surface area contributed by atoms with Crippen molar-refractivity contribution in [3.63, 3.8) is 0 Å². The second-order valence-corrected chi connectivity index (χ2v) is 6.93. The predicted octanol–water partition coefficient (Wildman–Crippen LogP) is 4.30. The van der Waals surface area contributed by atoms with Crippen LogP contribution in [-0.4, -0.2) is 29.8 Å². The average molecular weight is 405 g/mol. The number of rotatable bonds is 9. The molecule has 1 heterocycles. The second-order valence-electron chi connectivity index (χ2n) is 6.93. The van der Waals surface area contributed by atoms with Crippen LogP contribution in [0.2, 0.25) is 0 Å². The van der Waals surface area contributed by atoms with Gasteiger partial charge >= 0.3 is 0 Å². The molecule has 0 aliphatic rings. The number of nitrogens with zero attached hydrogens (tertiary/aromatic N) is 1. The third-order valence-electron chi connectivity index (χ3n) is 4.97. The van der Waals surface area contributed by atoms with Gasteiger partial charge in [0.25, 0.3) is 11.8 Å². The fraction of sp³-hybridized carbons (Fsp3) is 0.250. The van der Waals surface area contributed by atoms with Crippen molar-refractivity contribution >= 4 is 17.5 Å². The fourth-order valence-electron chi connectivity index (χ4n) is 3.19. The molecule has 2 aromatic carbocycles. The Morgan fingerprint density at radius 3 is 2.37 bits per heavy atom. The first-order chi connectivity index (χ1) is 14.6. The van der Waals surface area contributed by atoms with Gasteiger partial charge in [-0.25, -0.2) is 0 Å². The Morgan fingerprint density at radius 2 is 1.67 bits per heavy atom. The van der Waals surface area contributed by atoms with E-state index in [4.69, 9.17) is 4.42 Å². The molecule has 30 heavy (non-hydrogen) atoms. The number of carbonyl (C=O) groups excluding carboxylic acids is 2. The topological polar surface area (TPSA) is 74.6 Å². The molecule has 3 rings (SSSR count). The quantitative estimate of drug-likeness (QED) is 0.556. The zero-order chi connectivity index (χ0) is 21.3. The Kier molecular flexibility index (Phi) is 7.40. The van der Waals surface area contributed by atoms with E-state index < -0.39 is 0 Å². The van der Waals surface area contributed by atoms with Crippen LogP contribution in [0.25, 0.3) is 0 Å². The smallest absolute Gasteiger partial charge is 0.291 e. The van der Waals surface area contributed by atoms with Crippen molar-refractivity contribution in [1.29, 1.82) is 0 Å². The van der Waals surface area contributed by atoms with Crippen LogP contribution in [0, 0.1) is 0 Å². The van der Waals surface area contributed by atoms with Crippen molar-refractivity contribution < 1.29 is 14.0 Å². The molecule has 0 unspecified atom stereocenters. The number of hydrogen-bond acceptors (Lipinski definition) is 4. The Hall–Kier alpha value is -3.38. The van der Waals surface area contributed by atoms with Crippen LogP contribution in [0.1, 0.15) is 45.9 Å². The zero-order valence-electron chi connectivity index (χ0n) is 17.4. The van der Waals surface area contributed by atoms with Gasteiger partial charge in [0.2, 0.25) is 0 Å². The number of hydrogen-bond donors (Lipinski definition) is 2. The first-order valence-corrected chi connectivity index (χ1v) is 10.1. The second kappa shape index (κ2) is 10.4. The number of furan rings is 1. The monoisotopic (exact) mass is 405 g/mol. The molecule has 3 aromatic rings. The third kappa shape index (κ3) is 5.58. The summed E-state index contributed by atoms with van der Waals surface area (Å²) in [4.78, 5) is 27.1. The van der Waals surface area contributed by atoms with Gasteiger partial charge in [-0.1, -0.05) is 44.2 Å². The molecule has 2 N–H and O–H groups in total. The minimum absolute atomic E-state index is 0.193. The van der Waals surface area contributed by atoms with Gasteiger partial charge in [0.05, 0.1) is 6.26 Å². The van der Waals surface area contributed by atoms with Crippen molar-refractivity contribution in [3.05, 3.63) is 89.4 Å². The van der Waals surface area contributed by atoms with E-state index in [0.29, 0.717) is 17.8 Å². The lowest BCUT2D eigenvalue weighted by Gasteiger charge is -2.20. The molecule has 0 aliphatic carbocycles. The number of nitrogens with one attached hydrogen (secondary N) is 2. The minimum atomic E-state index is -0.358. The molecule has 0 aliphatic heterocycles. The summed E-state index contributed by atoms with van der Waals surface area (Å²) in [5, 5.41) is 5.72. The van der Waals surface area contributed by atoms with E-state index in [9.17, 15) is 9.59 Å². The van der Waals surface area contributed by atoms with Crippen molar-refractivity contribution in [3.8, 4) is 0 Å². The van der Waals surface area contributed by atoms with Crippen LogP contribution < -0.4 is 10.6 Å². The molecule has 0 fully saturated rings. The molecular formula is C24H27N3O3. The van der Waals surface area contributed by atoms with E-state index in [2.05, 4.69) is 35.4 Å². The van der Waals surface area contributed by atoms with Gasteiger partial charge in [0.15, 0.2) is 5.76 Å². The van der Waals surface area contributed by atoms with E-state index in [1.807, 2.05) is 18.2 Å². The van der Waals surface area contributed by atoms with Crippen LogP contribution in [0.3, 0.4) is 0 Å². The zero-order valence-corrected chi connectivity index (χ0v) is 17.4. The van der Waals surface area contributed by atoms with Gasteiger partial charge in [0, 0.05) is 24.3 Å². The lowest BCUT2D eigenvalue weighted by atomic mass is 10.1. The molecule has 0 bridgehead atoms. The molecule has 0 saturated carbocycles. The molecule has 0 spiro atoms. The molecule has 6 heteroatoms. The van der Waals surface area contributed by atoms with Crippen LogP contribution in [-0.2, 0) is 13.1 Å². The summed E-state index contributed by atoms with van der Waals surface area (Å²) in [6.07, 6.45) is 1.44. The summed E-state index contributed by atoms with van der Waals surface area (Å²) in [7, 11) is 0. The summed E-state index contributed by atoms with van der Waals surface area (Å²) in [6.45, 7) is 7.55. The van der Waals surface area contributed by atoms with Crippen molar-refractivity contribution in [2.75, 3.05) is 18.4 Å². The average Bonchev–Trinajstić information content (AvgIpc) is 3.32. The van der Waals surface area contributed by atoms with Crippen molar-refractivity contribution in [2.45, 2.75) is 26.9 Å². The predicted molar refractivity (Wildman–Crippen MR) is 117 cm³/mol. The Bertz CT molecular complexity index is 979. The maximum atomic E-state index is 12.7. The van der Waals surface area contributed by atoms with Gasteiger partial charge in [-0.3, -0.25) is 14.5 Å². The van der Waals surface area contributed by atoms with Crippen LogP contribution in [0.5, 0.6) is 0 Å². The number of amides is 2. The highest BCUT2D eigenvalue weighted by Gasteiger charge is 2.12. The van der Waals surface area contributed by atoms with Crippen molar-refractivity contribution in [1.82, 2.24) is 10.2 Å². The summed E-state index contributed by atoms with van der Waals surface area (Å²) in [5.41, 5.74) is 3.32. The van der Waals surface area contributed by atoms with E-state index in [1.54, 1.807) is 36.4 Å². The molecular weight excluding hydrogens is 378 g/mol. The molecule has 0 radical (unpaired) electrons. The lowest BCUT2D eigenvalue weighted by Crippen LogP contribution is -2.26. The normalized spacial score (nSPS) is 10.8. The SMILES string of the molecule is CCN(CC)Cc1ccccc1CNC(=O)c1cccc(NC(=O)c2ccco2)c1. The maximum absolute atomic E-state index is 12.7. The highest BCUT2D eigenvalue weighted by molar-refractivity contribution is 6.03. The van der Waals surface area contributed by atoms with Gasteiger partial charge in [-0.15, -0.1) is 0 Å². The molecule has 0 saturated heterocycles. The Labute approximate surface area is 176 Å². The number of anilines is 1. The summed E-state index contributed by atoms with van der Waals surface area (Å²) in [6, 6.07) is 18.2. The number of benzene rings is 2. The van der Waals surface area contributed by atoms with E-state index in [0.717, 1.165) is 25.2 Å². The standard InChI is InChI=1S/C24H27N3O3/c1-3-27(4-2)17-20-10-6-5-9-19(20)16-25-23(28)18-11-7-12-21(15-18)26-24(29)22-13-8-14-30-22/h5-15H,3-4,16-17H2,1-2H3,(H,25,28)(H,26,29). The first-order valence-electron chi connectivity index (χ1n) is 10.1. The summed E-state index contributed by atoms with van der Waals surface area (Å²) in [5.74, 6) is -0.334. The van der Waals surface area contributed by atoms with Gasteiger partial charge < -0.3 is 15.1 Å². The van der Waals surface area contributed by atoms with Gasteiger partial charge in [-0.2, -0.15) is 0 Å². The molecule has 1 aromatic heterocycles. The van der Waals surface area contributed by atoms with E-state index in [-0.39, 0.29) is 17.6 Å². The summed E-state index contributed by atoms with van der Waals surface area (Å²) < 4.78 is 5.09. The number of carbonyl (C=O) groups is 2. The lowest BCUT2D eigenvalue weighted by molar-refractivity contribution is 0.0948. The van der Waals surface area contributed by atoms with Crippen molar-refractivity contribution in [2.24, 2.45) is 0 Å². The largest absolute Gasteiger partial charge is 0.459 e. The molecule has 6 nitrogen and oxygen atoms in total. The third-order valence-corrected chi connectivity index (χ3v) is 4.97. The molecule has 0 atom stereocenters. The maximum Gasteiger partial charge on any atom is 0.291 e. The van der Waals surface area contributed by atoms with E-state index in [1.165, 1.54) is 11.8 Å². The Balaban J connectivity index is 1.64. The highest BCUT2D eigenvalue weighted by atomic mass is 16.3. The molecule has 156 valence electrons. The van der Waals surface area contributed by atoms with Crippen LogP contribution in [0.15, 0.2) is 71.3 Å². The summed E-state index contributed by atoms with van der Waals surface area (Å²) >= 11 is 0. The van der Waals surface area contributed by atoms with Crippen LogP contribution in [0.4, 0.5) is 5.69 Å². The van der Waals surface area contributed by atoms with Gasteiger partial charge in [-0.05, 0) is 54.5 Å².